The van der Waals surface area contributed by atoms with Gasteiger partial charge in [-0.1, -0.05) is 0 Å². The topological polar surface area (TPSA) is 63.9 Å². The second-order valence-corrected chi connectivity index (χ2v) is 5.91. The fourth-order valence-electron chi connectivity index (χ4n) is 2.86. The Morgan fingerprint density at radius 2 is 2.08 bits per heavy atom. The quantitative estimate of drug-likeness (QED) is 0.799. The Hall–Kier alpha value is -2.45. The van der Waals surface area contributed by atoms with Crippen molar-refractivity contribution in [3.63, 3.8) is 0 Å². The van der Waals surface area contributed by atoms with E-state index in [0.29, 0.717) is 43.1 Å². The lowest BCUT2D eigenvalue weighted by molar-refractivity contribution is -0.141. The van der Waals surface area contributed by atoms with Crippen molar-refractivity contribution >= 4 is 12.2 Å². The van der Waals surface area contributed by atoms with Crippen LogP contribution in [-0.2, 0) is 19.1 Å². The van der Waals surface area contributed by atoms with Crippen LogP contribution in [0.4, 0.5) is 19.1 Å². The Labute approximate surface area is 136 Å². The second-order valence-electron chi connectivity index (χ2n) is 5.91. The van der Waals surface area contributed by atoms with Crippen molar-refractivity contribution in [3.8, 4) is 0 Å². The number of alkyl halides is 3. The molecule has 24 heavy (non-hydrogen) atoms. The van der Waals surface area contributed by atoms with Crippen LogP contribution in [0.3, 0.4) is 0 Å². The van der Waals surface area contributed by atoms with Gasteiger partial charge in [0.1, 0.15) is 5.82 Å². The predicted molar refractivity (Wildman–Crippen MR) is 79.7 cm³/mol. The lowest BCUT2D eigenvalue weighted by atomic mass is 9.99. The van der Waals surface area contributed by atoms with Gasteiger partial charge in [0.25, 0.3) is 0 Å². The van der Waals surface area contributed by atoms with Crippen molar-refractivity contribution in [1.82, 2.24) is 19.5 Å². The molecule has 2 aromatic rings. The Morgan fingerprint density at radius 1 is 1.38 bits per heavy atom. The predicted octanol–water partition coefficient (Wildman–Crippen LogP) is 2.20. The summed E-state index contributed by atoms with van der Waals surface area (Å²) in [5.41, 5.74) is -0.438. The highest BCUT2D eigenvalue weighted by molar-refractivity contribution is 5.73. The summed E-state index contributed by atoms with van der Waals surface area (Å²) in [5, 5.41) is 0. The van der Waals surface area contributed by atoms with Gasteiger partial charge in [0.15, 0.2) is 12.0 Å². The average Bonchev–Trinajstić information content (AvgIpc) is 2.98. The van der Waals surface area contributed by atoms with Crippen molar-refractivity contribution in [3.05, 3.63) is 35.7 Å². The molecular formula is C15H16F3N5O. The number of anilines is 1. The number of hydrogen-bond acceptors (Lipinski definition) is 5. The lowest BCUT2D eigenvalue weighted by Gasteiger charge is -2.28. The fourth-order valence-corrected chi connectivity index (χ4v) is 2.86. The first-order chi connectivity index (χ1) is 11.4. The smallest absolute Gasteiger partial charge is 0.344 e. The summed E-state index contributed by atoms with van der Waals surface area (Å²) in [6, 6.07) is 0. The van der Waals surface area contributed by atoms with E-state index in [0.717, 1.165) is 12.6 Å². The summed E-state index contributed by atoms with van der Waals surface area (Å²) in [5.74, 6) is 1.13. The van der Waals surface area contributed by atoms with E-state index in [9.17, 15) is 18.0 Å². The molecule has 0 amide bonds. The third-order valence-corrected chi connectivity index (χ3v) is 4.05. The maximum Gasteiger partial charge on any atom is 0.434 e. The summed E-state index contributed by atoms with van der Waals surface area (Å²) in [6.07, 6.45) is 1.49. The third kappa shape index (κ3) is 3.39. The number of nitrogens with zero attached hydrogens (tertiary/aromatic N) is 5. The molecule has 0 spiro atoms. The lowest BCUT2D eigenvalue weighted by Crippen LogP contribution is -2.32. The van der Waals surface area contributed by atoms with Crippen molar-refractivity contribution in [2.24, 2.45) is 5.92 Å². The van der Waals surface area contributed by atoms with Gasteiger partial charge in [0, 0.05) is 45.1 Å². The van der Waals surface area contributed by atoms with E-state index in [2.05, 4.69) is 15.0 Å². The summed E-state index contributed by atoms with van der Waals surface area (Å²) in [4.78, 5) is 24.4. The number of carbonyl (C=O) groups excluding carboxylic acids is 1. The van der Waals surface area contributed by atoms with Gasteiger partial charge in [-0.15, -0.1) is 0 Å². The molecular weight excluding hydrogens is 323 g/mol. The van der Waals surface area contributed by atoms with E-state index in [1.165, 1.54) is 12.4 Å². The van der Waals surface area contributed by atoms with Gasteiger partial charge < -0.3 is 9.47 Å². The molecule has 1 atom stereocenters. The molecule has 0 saturated heterocycles. The first kappa shape index (κ1) is 16.4. The van der Waals surface area contributed by atoms with E-state index in [1.54, 1.807) is 4.57 Å². The molecule has 0 bridgehead atoms. The summed E-state index contributed by atoms with van der Waals surface area (Å²) in [6.45, 7) is 1.09. The second kappa shape index (κ2) is 6.21. The van der Waals surface area contributed by atoms with E-state index < -0.39 is 11.9 Å². The monoisotopic (exact) mass is 339 g/mol. The molecule has 3 heterocycles. The normalized spacial score (nSPS) is 17.4. The zero-order valence-corrected chi connectivity index (χ0v) is 13.0. The van der Waals surface area contributed by atoms with Crippen molar-refractivity contribution < 1.29 is 18.0 Å². The van der Waals surface area contributed by atoms with Gasteiger partial charge in [-0.2, -0.15) is 13.2 Å². The van der Waals surface area contributed by atoms with Crippen molar-refractivity contribution in [2.45, 2.75) is 25.6 Å². The van der Waals surface area contributed by atoms with Crippen LogP contribution in [0, 0.1) is 5.92 Å². The number of carbonyl (C=O) groups is 1. The maximum atomic E-state index is 12.7. The van der Waals surface area contributed by atoms with E-state index in [4.69, 9.17) is 0 Å². The minimum absolute atomic E-state index is 0.173. The molecule has 6 nitrogen and oxygen atoms in total. The van der Waals surface area contributed by atoms with Gasteiger partial charge in [0.2, 0.25) is 5.95 Å². The van der Waals surface area contributed by atoms with Crippen molar-refractivity contribution in [2.75, 3.05) is 18.5 Å². The first-order valence-electron chi connectivity index (χ1n) is 7.48. The zero-order chi connectivity index (χ0) is 17.3. The van der Waals surface area contributed by atoms with Gasteiger partial charge >= 0.3 is 6.18 Å². The van der Waals surface area contributed by atoms with Crippen LogP contribution in [0.2, 0.25) is 0 Å². The zero-order valence-electron chi connectivity index (χ0n) is 13.0. The first-order valence-corrected chi connectivity index (χ1v) is 7.48. The van der Waals surface area contributed by atoms with Crippen LogP contribution in [0.25, 0.3) is 0 Å². The van der Waals surface area contributed by atoms with Gasteiger partial charge in [-0.05, 0) is 12.3 Å². The van der Waals surface area contributed by atoms with Gasteiger partial charge in [-0.25, -0.2) is 15.0 Å². The van der Waals surface area contributed by atoms with Crippen LogP contribution in [0.5, 0.6) is 0 Å². The molecule has 0 aliphatic carbocycles. The van der Waals surface area contributed by atoms with Gasteiger partial charge in [0.05, 0.1) is 5.56 Å². The number of hydrogen-bond donors (Lipinski definition) is 0. The summed E-state index contributed by atoms with van der Waals surface area (Å²) >= 11 is 0. The molecule has 9 heteroatoms. The Morgan fingerprint density at radius 3 is 2.71 bits per heavy atom. The standard InChI is InChI=1S/C15H16F3N5O/c1-22(14-19-4-11(9-24)5-20-14)6-10-2-3-13-21-12(15(16,17)18)8-23(13)7-10/h4-5,8-10H,2-3,6-7H2,1H3. The summed E-state index contributed by atoms with van der Waals surface area (Å²) < 4.78 is 39.8. The number of aromatic nitrogens is 4. The van der Waals surface area contributed by atoms with E-state index in [-0.39, 0.29) is 5.92 Å². The highest BCUT2D eigenvalue weighted by Crippen LogP contribution is 2.30. The molecule has 1 unspecified atom stereocenters. The Kier molecular flexibility index (Phi) is 4.25. The van der Waals surface area contributed by atoms with Gasteiger partial charge in [-0.3, -0.25) is 4.79 Å². The van der Waals surface area contributed by atoms with Crippen LogP contribution in [-0.4, -0.2) is 39.4 Å². The number of aryl methyl sites for hydroxylation is 1. The molecule has 0 N–H and O–H groups in total. The molecule has 0 radical (unpaired) electrons. The highest BCUT2D eigenvalue weighted by atomic mass is 19.4. The molecule has 128 valence electrons. The minimum Gasteiger partial charge on any atom is -0.344 e. The molecule has 1 aliphatic rings. The Balaban J connectivity index is 1.66. The number of aldehydes is 1. The average molecular weight is 339 g/mol. The van der Waals surface area contributed by atoms with Crippen molar-refractivity contribution in [1.29, 1.82) is 0 Å². The molecule has 0 fully saturated rings. The minimum atomic E-state index is -4.41. The van der Waals surface area contributed by atoms with E-state index >= 15 is 0 Å². The van der Waals surface area contributed by atoms with Crippen LogP contribution >= 0.6 is 0 Å². The molecule has 2 aromatic heterocycles. The number of halogens is 3. The van der Waals surface area contributed by atoms with Crippen LogP contribution in [0.15, 0.2) is 18.6 Å². The highest BCUT2D eigenvalue weighted by Gasteiger charge is 2.35. The van der Waals surface area contributed by atoms with Crippen LogP contribution < -0.4 is 4.90 Å². The van der Waals surface area contributed by atoms with E-state index in [1.807, 2.05) is 11.9 Å². The van der Waals surface area contributed by atoms with Crippen LogP contribution in [0.1, 0.15) is 28.3 Å². The maximum absolute atomic E-state index is 12.7. The Bertz CT molecular complexity index is 726. The molecule has 0 aromatic carbocycles. The molecule has 1 aliphatic heterocycles. The number of rotatable bonds is 4. The molecule has 0 saturated carbocycles. The fraction of sp³-hybridized carbons (Fsp3) is 0.467. The number of fused-ring (bicyclic) bond motifs is 1. The number of imidazole rings is 1. The largest absolute Gasteiger partial charge is 0.434 e. The summed E-state index contributed by atoms with van der Waals surface area (Å²) in [7, 11) is 1.82. The SMILES string of the molecule is CN(CC1CCc2nc(C(F)(F)F)cn2C1)c1ncc(C=O)cn1. The molecule has 3 rings (SSSR count). The third-order valence-electron chi connectivity index (χ3n) is 4.05.